The Labute approximate surface area is 93.1 Å². The van der Waals surface area contributed by atoms with E-state index in [1.165, 1.54) is 12.1 Å². The average molecular weight is 244 g/mol. The summed E-state index contributed by atoms with van der Waals surface area (Å²) in [5.74, 6) is -1.92. The Morgan fingerprint density at radius 3 is 2.44 bits per heavy atom. The number of halogens is 2. The van der Waals surface area contributed by atoms with Crippen LogP contribution in [0.4, 0.5) is 8.78 Å². The highest BCUT2D eigenvalue weighted by Crippen LogP contribution is 2.43. The highest BCUT2D eigenvalue weighted by Gasteiger charge is 2.38. The van der Waals surface area contributed by atoms with E-state index in [4.69, 9.17) is 0 Å². The number of rotatable bonds is 3. The topological polar surface area (TPSA) is 43.4 Å². The molecule has 1 aromatic carbocycles. The summed E-state index contributed by atoms with van der Waals surface area (Å²) in [6, 6.07) is 8.08. The van der Waals surface area contributed by atoms with Gasteiger partial charge in [0.05, 0.1) is 0 Å². The van der Waals surface area contributed by atoms with Gasteiger partial charge in [-0.25, -0.2) is 4.79 Å². The fourth-order valence-corrected chi connectivity index (χ4v) is 1.83. The van der Waals surface area contributed by atoms with Gasteiger partial charge in [-0.2, -0.15) is 8.78 Å². The first-order valence-electron chi connectivity index (χ1n) is 4.29. The van der Waals surface area contributed by atoms with Crippen LogP contribution in [0.3, 0.4) is 0 Å². The van der Waals surface area contributed by atoms with Gasteiger partial charge in [0.25, 0.3) is 0 Å². The molecule has 0 N–H and O–H groups in total. The summed E-state index contributed by atoms with van der Waals surface area (Å²) in [5, 5.41) is -3.33. The molecule has 0 aliphatic carbocycles. The molecule has 16 heavy (non-hydrogen) atoms. The van der Waals surface area contributed by atoms with Crippen molar-refractivity contribution >= 4 is 11.8 Å². The van der Waals surface area contributed by atoms with E-state index in [0.29, 0.717) is 11.2 Å². The fourth-order valence-electron chi connectivity index (χ4n) is 1.05. The van der Waals surface area contributed by atoms with Crippen LogP contribution in [-0.4, -0.2) is 0 Å². The van der Waals surface area contributed by atoms with Gasteiger partial charge in [-0.3, -0.25) is 0 Å². The van der Waals surface area contributed by atoms with Gasteiger partial charge < -0.3 is 8.83 Å². The summed E-state index contributed by atoms with van der Waals surface area (Å²) in [4.78, 5) is 10.9. The molecule has 0 saturated carbocycles. The number of hydrogen-bond acceptors (Lipinski definition) is 4. The molecular weight excluding hydrogens is 238 g/mol. The van der Waals surface area contributed by atoms with Gasteiger partial charge in [0, 0.05) is 4.90 Å². The molecule has 3 nitrogen and oxygen atoms in total. The van der Waals surface area contributed by atoms with Crippen LogP contribution in [0, 0.1) is 0 Å². The van der Waals surface area contributed by atoms with Crippen molar-refractivity contribution in [1.29, 1.82) is 0 Å². The minimum Gasteiger partial charge on any atom is -0.399 e. The lowest BCUT2D eigenvalue weighted by molar-refractivity contribution is 0.0762. The first-order chi connectivity index (χ1) is 7.58. The zero-order valence-electron chi connectivity index (χ0n) is 7.85. The van der Waals surface area contributed by atoms with Crippen molar-refractivity contribution in [1.82, 2.24) is 0 Å². The van der Waals surface area contributed by atoms with Crippen molar-refractivity contribution in [2.75, 3.05) is 0 Å². The second kappa shape index (κ2) is 4.13. The van der Waals surface area contributed by atoms with Crippen LogP contribution in [0.5, 0.6) is 0 Å². The third kappa shape index (κ3) is 2.33. The van der Waals surface area contributed by atoms with Crippen molar-refractivity contribution < 1.29 is 17.6 Å². The van der Waals surface area contributed by atoms with Gasteiger partial charge in [0.2, 0.25) is 5.76 Å². The summed E-state index contributed by atoms with van der Waals surface area (Å²) in [6.45, 7) is 0. The smallest absolute Gasteiger partial charge is 0.399 e. The Balaban J connectivity index is 2.23. The fraction of sp³-hybridized carbons (Fsp3) is 0.100. The zero-order chi connectivity index (χ0) is 11.6. The standard InChI is InChI=1S/C10H6F2O3S/c11-10(12,8-6-14-9(13)15-8)16-7-4-2-1-3-5-7/h1-6H. The monoisotopic (exact) mass is 244 g/mol. The Morgan fingerprint density at radius 2 is 1.88 bits per heavy atom. The molecular formula is C10H6F2O3S. The van der Waals surface area contributed by atoms with Crippen LogP contribution in [0.1, 0.15) is 5.76 Å². The van der Waals surface area contributed by atoms with E-state index in [1.54, 1.807) is 18.2 Å². The van der Waals surface area contributed by atoms with Crippen molar-refractivity contribution in [3.8, 4) is 0 Å². The lowest BCUT2D eigenvalue weighted by Crippen LogP contribution is -2.06. The van der Waals surface area contributed by atoms with Gasteiger partial charge in [-0.1, -0.05) is 18.2 Å². The van der Waals surface area contributed by atoms with E-state index >= 15 is 0 Å². The maximum atomic E-state index is 13.5. The van der Waals surface area contributed by atoms with Crippen molar-refractivity contribution in [2.24, 2.45) is 0 Å². The van der Waals surface area contributed by atoms with E-state index in [9.17, 15) is 13.6 Å². The van der Waals surface area contributed by atoms with E-state index < -0.39 is 16.8 Å². The van der Waals surface area contributed by atoms with Gasteiger partial charge >= 0.3 is 11.1 Å². The molecule has 2 rings (SSSR count). The summed E-state index contributed by atoms with van der Waals surface area (Å²) < 4.78 is 35.5. The largest absolute Gasteiger partial charge is 0.518 e. The number of alkyl halides is 2. The molecule has 1 aromatic heterocycles. The summed E-state index contributed by atoms with van der Waals surface area (Å²) >= 11 is 0.286. The van der Waals surface area contributed by atoms with Crippen LogP contribution in [0.15, 0.2) is 55.1 Å². The second-order valence-corrected chi connectivity index (χ2v) is 4.07. The molecule has 0 aliphatic heterocycles. The normalized spacial score (nSPS) is 11.6. The lowest BCUT2D eigenvalue weighted by atomic mass is 10.4. The Morgan fingerprint density at radius 1 is 1.19 bits per heavy atom. The third-order valence-electron chi connectivity index (χ3n) is 1.73. The van der Waals surface area contributed by atoms with Crippen LogP contribution in [0.2, 0.25) is 0 Å². The molecule has 2 aromatic rings. The van der Waals surface area contributed by atoms with Crippen molar-refractivity contribution in [2.45, 2.75) is 10.2 Å². The molecule has 6 heteroatoms. The van der Waals surface area contributed by atoms with Gasteiger partial charge in [-0.15, -0.1) is 0 Å². The number of hydrogen-bond donors (Lipinski definition) is 0. The van der Waals surface area contributed by atoms with Gasteiger partial charge in [0.1, 0.15) is 6.26 Å². The maximum Gasteiger partial charge on any atom is 0.518 e. The SMILES string of the molecule is O=c1occ(C(F)(F)Sc2ccccc2)o1. The summed E-state index contributed by atoms with van der Waals surface area (Å²) in [7, 11) is 0. The molecule has 0 fully saturated rings. The Kier molecular flexibility index (Phi) is 2.82. The molecule has 0 atom stereocenters. The molecule has 0 amide bonds. The molecule has 0 aliphatic rings. The molecule has 0 saturated heterocycles. The van der Waals surface area contributed by atoms with Crippen LogP contribution >= 0.6 is 11.8 Å². The quantitative estimate of drug-likeness (QED) is 0.778. The Hall–Kier alpha value is -1.56. The molecule has 0 unspecified atom stereocenters. The van der Waals surface area contributed by atoms with E-state index in [-0.39, 0.29) is 11.8 Å². The predicted molar refractivity (Wildman–Crippen MR) is 53.4 cm³/mol. The number of benzene rings is 1. The Bertz CT molecular complexity index is 518. The van der Waals surface area contributed by atoms with E-state index in [1.807, 2.05) is 0 Å². The molecule has 84 valence electrons. The van der Waals surface area contributed by atoms with Gasteiger partial charge in [-0.05, 0) is 23.9 Å². The summed E-state index contributed by atoms with van der Waals surface area (Å²) in [5.41, 5.74) is 0. The highest BCUT2D eigenvalue weighted by atomic mass is 32.2. The first kappa shape index (κ1) is 10.9. The van der Waals surface area contributed by atoms with Crippen molar-refractivity contribution in [3.05, 3.63) is 53.0 Å². The highest BCUT2D eigenvalue weighted by molar-refractivity contribution is 8.00. The minimum absolute atomic E-state index is 0.286. The minimum atomic E-state index is -3.33. The molecule has 0 spiro atoms. The molecule has 0 bridgehead atoms. The van der Waals surface area contributed by atoms with Crippen LogP contribution in [-0.2, 0) is 5.25 Å². The first-order valence-corrected chi connectivity index (χ1v) is 5.10. The predicted octanol–water partition coefficient (Wildman–Crippen LogP) is 3.07. The van der Waals surface area contributed by atoms with Gasteiger partial charge in [0.15, 0.2) is 0 Å². The summed E-state index contributed by atoms with van der Waals surface area (Å²) in [6.07, 6.45) is 0.623. The lowest BCUT2D eigenvalue weighted by Gasteiger charge is -2.11. The maximum absolute atomic E-state index is 13.5. The van der Waals surface area contributed by atoms with E-state index in [0.717, 1.165) is 0 Å². The second-order valence-electron chi connectivity index (χ2n) is 2.88. The van der Waals surface area contributed by atoms with Crippen molar-refractivity contribution in [3.63, 3.8) is 0 Å². The number of thioether (sulfide) groups is 1. The van der Waals surface area contributed by atoms with Crippen LogP contribution in [0.25, 0.3) is 0 Å². The molecule has 0 radical (unpaired) electrons. The van der Waals surface area contributed by atoms with Crippen LogP contribution < -0.4 is 5.82 Å². The average Bonchev–Trinajstić information content (AvgIpc) is 2.66. The molecule has 1 heterocycles. The van der Waals surface area contributed by atoms with E-state index in [2.05, 4.69) is 8.83 Å². The zero-order valence-corrected chi connectivity index (χ0v) is 8.67. The third-order valence-corrected chi connectivity index (χ3v) is 2.70.